The summed E-state index contributed by atoms with van der Waals surface area (Å²) in [6.45, 7) is 5.72. The monoisotopic (exact) mass is 802 g/mol. The van der Waals surface area contributed by atoms with Crippen molar-refractivity contribution >= 4 is 0 Å². The van der Waals surface area contributed by atoms with Crippen molar-refractivity contribution in [2.45, 2.75) is 89.3 Å². The lowest BCUT2D eigenvalue weighted by atomic mass is 9.80. The molecule has 0 spiro atoms. The van der Waals surface area contributed by atoms with Gasteiger partial charge in [0.1, 0.15) is 24.4 Å². The number of halogens is 3. The van der Waals surface area contributed by atoms with Crippen molar-refractivity contribution in [1.82, 2.24) is 9.97 Å². The van der Waals surface area contributed by atoms with E-state index in [0.29, 0.717) is 44.1 Å². The van der Waals surface area contributed by atoms with Gasteiger partial charge < -0.3 is 23.7 Å². The Morgan fingerprint density at radius 2 is 1.12 bits per heavy atom. The van der Waals surface area contributed by atoms with Crippen molar-refractivity contribution in [3.63, 3.8) is 0 Å². The Bertz CT molecular complexity index is 2160. The van der Waals surface area contributed by atoms with Crippen LogP contribution in [0.5, 0.6) is 0 Å². The average molecular weight is 803 g/mol. The van der Waals surface area contributed by atoms with Gasteiger partial charge in [0, 0.05) is 11.5 Å². The lowest BCUT2D eigenvalue weighted by Gasteiger charge is -2.48. The van der Waals surface area contributed by atoms with Gasteiger partial charge in [-0.2, -0.15) is 13.2 Å². The van der Waals surface area contributed by atoms with Crippen molar-refractivity contribution in [2.75, 3.05) is 6.61 Å². The van der Waals surface area contributed by atoms with Crippen molar-refractivity contribution in [3.8, 4) is 11.3 Å². The fraction of sp³-hybridized carbons (Fsp3) is 0.306. The Morgan fingerprint density at radius 1 is 0.610 bits per heavy atom. The summed E-state index contributed by atoms with van der Waals surface area (Å²) < 4.78 is 74.3. The zero-order valence-electron chi connectivity index (χ0n) is 33.2. The normalized spacial score (nSPS) is 20.0. The predicted octanol–water partition coefficient (Wildman–Crippen LogP) is 10.7. The minimum absolute atomic E-state index is 0.182. The van der Waals surface area contributed by atoms with E-state index in [9.17, 15) is 13.2 Å². The molecular weight excluding hydrogens is 754 g/mol. The zero-order chi connectivity index (χ0) is 41.0. The lowest BCUT2D eigenvalue weighted by Crippen LogP contribution is -2.62. The van der Waals surface area contributed by atoms with Gasteiger partial charge in [-0.05, 0) is 52.8 Å². The second-order valence-corrected chi connectivity index (χ2v) is 14.8. The SMILES string of the molecule is CC[C@H](c1ccc(-c2cnc(C(F)(F)F)cn2)cc1C)[C@H]1OC(COCc2ccccc2)[C@@H](OCc2ccccc2)[C@H](OCc2ccccc2)C1OCc1ccccc1. The van der Waals surface area contributed by atoms with Crippen LogP contribution in [0.2, 0.25) is 0 Å². The second kappa shape index (κ2) is 20.2. The third-order valence-electron chi connectivity index (χ3n) is 10.7. The first-order valence-corrected chi connectivity index (χ1v) is 20.0. The van der Waals surface area contributed by atoms with E-state index in [2.05, 4.69) is 16.9 Å². The highest BCUT2D eigenvalue weighted by atomic mass is 19.4. The summed E-state index contributed by atoms with van der Waals surface area (Å²) in [5.41, 5.74) is 6.01. The van der Waals surface area contributed by atoms with E-state index in [0.717, 1.165) is 45.8 Å². The van der Waals surface area contributed by atoms with E-state index in [1.54, 1.807) is 0 Å². The number of ether oxygens (including phenoxy) is 5. The highest BCUT2D eigenvalue weighted by Gasteiger charge is 2.51. The molecule has 6 atom stereocenters. The number of hydrogen-bond acceptors (Lipinski definition) is 7. The molecule has 0 aliphatic carbocycles. The van der Waals surface area contributed by atoms with Crippen LogP contribution in [0.25, 0.3) is 11.3 Å². The smallest absolute Gasteiger partial charge is 0.374 e. The average Bonchev–Trinajstić information content (AvgIpc) is 3.26. The topological polar surface area (TPSA) is 71.9 Å². The third-order valence-corrected chi connectivity index (χ3v) is 10.7. The molecule has 6 aromatic rings. The van der Waals surface area contributed by atoms with E-state index in [-0.39, 0.29) is 12.5 Å². The molecule has 7 rings (SSSR count). The maximum absolute atomic E-state index is 13.3. The molecule has 59 heavy (non-hydrogen) atoms. The number of aromatic nitrogens is 2. The molecule has 0 N–H and O–H groups in total. The van der Waals surface area contributed by atoms with Crippen LogP contribution in [0.4, 0.5) is 13.2 Å². The van der Waals surface area contributed by atoms with Gasteiger partial charge >= 0.3 is 6.18 Å². The molecule has 306 valence electrons. The Hall–Kier alpha value is -5.23. The Balaban J connectivity index is 1.26. The maximum atomic E-state index is 13.3. The van der Waals surface area contributed by atoms with Crippen LogP contribution in [-0.4, -0.2) is 47.1 Å². The fourth-order valence-corrected chi connectivity index (χ4v) is 7.65. The molecule has 1 aliphatic heterocycles. The molecule has 5 aromatic carbocycles. The molecular formula is C49H49F3N2O5. The van der Waals surface area contributed by atoms with E-state index >= 15 is 0 Å². The molecule has 1 aliphatic rings. The summed E-state index contributed by atoms with van der Waals surface area (Å²) in [6, 6.07) is 45.9. The van der Waals surface area contributed by atoms with Crippen LogP contribution in [0, 0.1) is 6.92 Å². The molecule has 2 heterocycles. The zero-order valence-corrected chi connectivity index (χ0v) is 33.2. The molecule has 2 unspecified atom stereocenters. The van der Waals surface area contributed by atoms with Gasteiger partial charge in [0.05, 0.1) is 57.2 Å². The largest absolute Gasteiger partial charge is 0.434 e. The van der Waals surface area contributed by atoms with Gasteiger partial charge in [0.15, 0.2) is 5.69 Å². The van der Waals surface area contributed by atoms with Gasteiger partial charge in [-0.15, -0.1) is 0 Å². The number of hydrogen-bond donors (Lipinski definition) is 0. The molecule has 1 aromatic heterocycles. The third kappa shape index (κ3) is 11.1. The highest BCUT2D eigenvalue weighted by Crippen LogP contribution is 2.40. The standard InChI is InChI=1S/C49H49F3N2O5/c1-3-40(41-25-24-39(26-34(41)2)42-27-54-44(28-53-42)49(50,51)52)45-47(57-31-37-20-12-6-13-21-37)48(58-32-38-22-14-7-15-23-38)46(56-30-36-18-10-5-11-19-36)43(59-45)33-55-29-35-16-8-4-9-17-35/h4-28,40,43,45-48H,3,29-33H2,1-2H3/t40-,43?,45-,46-,47?,48+/m1/s1. The number of alkyl halides is 3. The number of rotatable bonds is 17. The molecule has 0 saturated carbocycles. The molecule has 7 nitrogen and oxygen atoms in total. The van der Waals surface area contributed by atoms with Crippen molar-refractivity contribution in [3.05, 3.63) is 191 Å². The summed E-state index contributed by atoms with van der Waals surface area (Å²) in [6.07, 6.45) is -4.75. The molecule has 0 radical (unpaired) electrons. The van der Waals surface area contributed by atoms with Gasteiger partial charge in [-0.25, -0.2) is 4.98 Å². The van der Waals surface area contributed by atoms with Gasteiger partial charge in [0.2, 0.25) is 0 Å². The molecule has 1 saturated heterocycles. The van der Waals surface area contributed by atoms with Crippen LogP contribution in [-0.2, 0) is 56.3 Å². The first-order valence-electron chi connectivity index (χ1n) is 20.0. The number of benzene rings is 5. The first kappa shape index (κ1) is 41.9. The summed E-state index contributed by atoms with van der Waals surface area (Å²) in [5, 5.41) is 0. The summed E-state index contributed by atoms with van der Waals surface area (Å²) in [7, 11) is 0. The lowest BCUT2D eigenvalue weighted by molar-refractivity contribution is -0.276. The minimum atomic E-state index is -4.57. The van der Waals surface area contributed by atoms with Crippen LogP contribution >= 0.6 is 0 Å². The van der Waals surface area contributed by atoms with Gasteiger partial charge in [-0.3, -0.25) is 4.98 Å². The molecule has 0 amide bonds. The second-order valence-electron chi connectivity index (χ2n) is 14.8. The fourth-order valence-electron chi connectivity index (χ4n) is 7.65. The first-order chi connectivity index (χ1) is 28.8. The summed E-state index contributed by atoms with van der Waals surface area (Å²) >= 11 is 0. The van der Waals surface area contributed by atoms with E-state index in [1.807, 2.05) is 146 Å². The van der Waals surface area contributed by atoms with Gasteiger partial charge in [-0.1, -0.05) is 140 Å². The van der Waals surface area contributed by atoms with E-state index in [4.69, 9.17) is 23.7 Å². The quantitative estimate of drug-likeness (QED) is 0.0909. The molecule has 1 fully saturated rings. The number of nitrogens with zero attached hydrogens (tertiary/aromatic N) is 2. The van der Waals surface area contributed by atoms with Crippen molar-refractivity contribution in [1.29, 1.82) is 0 Å². The predicted molar refractivity (Wildman–Crippen MR) is 220 cm³/mol. The van der Waals surface area contributed by atoms with Crippen molar-refractivity contribution < 1.29 is 36.9 Å². The Kier molecular flexibility index (Phi) is 14.3. The van der Waals surface area contributed by atoms with Crippen LogP contribution in [0.15, 0.2) is 152 Å². The Morgan fingerprint density at radius 3 is 1.59 bits per heavy atom. The van der Waals surface area contributed by atoms with E-state index < -0.39 is 42.4 Å². The molecule has 10 heteroatoms. The number of aryl methyl sites for hydroxylation is 1. The van der Waals surface area contributed by atoms with Gasteiger partial charge in [0.25, 0.3) is 0 Å². The highest BCUT2D eigenvalue weighted by molar-refractivity contribution is 5.60. The minimum Gasteiger partial charge on any atom is -0.374 e. The van der Waals surface area contributed by atoms with Crippen LogP contribution in [0.3, 0.4) is 0 Å². The Labute approximate surface area is 344 Å². The van der Waals surface area contributed by atoms with E-state index in [1.165, 1.54) is 0 Å². The maximum Gasteiger partial charge on any atom is 0.434 e. The van der Waals surface area contributed by atoms with Crippen LogP contribution < -0.4 is 0 Å². The van der Waals surface area contributed by atoms with Crippen LogP contribution in [0.1, 0.15) is 58.3 Å². The summed E-state index contributed by atoms with van der Waals surface area (Å²) in [4.78, 5) is 7.74. The van der Waals surface area contributed by atoms with Crippen molar-refractivity contribution in [2.24, 2.45) is 0 Å². The summed E-state index contributed by atoms with van der Waals surface area (Å²) in [5.74, 6) is -0.182. The molecule has 0 bridgehead atoms.